The van der Waals surface area contributed by atoms with Crippen LogP contribution in [0.1, 0.15) is 22.3 Å². The number of imide groups is 1. The van der Waals surface area contributed by atoms with Crippen molar-refractivity contribution in [2.24, 2.45) is 0 Å². The van der Waals surface area contributed by atoms with Crippen molar-refractivity contribution < 1.29 is 19.1 Å². The summed E-state index contributed by atoms with van der Waals surface area (Å²) in [6.07, 6.45) is 3.95. The number of rotatable bonds is 9. The monoisotopic (exact) mass is 573 g/mol. The van der Waals surface area contributed by atoms with Gasteiger partial charge in [-0.15, -0.1) is 6.58 Å². The van der Waals surface area contributed by atoms with Crippen molar-refractivity contribution in [3.63, 3.8) is 0 Å². The van der Waals surface area contributed by atoms with E-state index >= 15 is 0 Å². The van der Waals surface area contributed by atoms with E-state index < -0.39 is 0 Å². The molecular weight excluding hydrogens is 553 g/mol. The van der Waals surface area contributed by atoms with E-state index in [0.717, 1.165) is 28.5 Å². The molecule has 0 atom stereocenters. The van der Waals surface area contributed by atoms with E-state index in [0.29, 0.717) is 43.5 Å². The zero-order valence-electron chi connectivity index (χ0n) is 19.8. The topological polar surface area (TPSA) is 55.8 Å². The molecule has 2 amide bonds. The normalized spacial score (nSPS) is 14.4. The van der Waals surface area contributed by atoms with Crippen LogP contribution >= 0.6 is 46.6 Å². The number of hydrogen-bond donors (Lipinski definition) is 0. The highest BCUT2D eigenvalue weighted by Crippen LogP contribution is 2.38. The van der Waals surface area contributed by atoms with Gasteiger partial charge in [-0.05, 0) is 77.3 Å². The molecule has 4 rings (SSSR count). The third-order valence-corrected chi connectivity index (χ3v) is 7.43. The zero-order chi connectivity index (χ0) is 26.5. The predicted molar refractivity (Wildman–Crippen MR) is 151 cm³/mol. The molecule has 9 heteroatoms. The van der Waals surface area contributed by atoms with Crippen molar-refractivity contribution in [1.29, 1.82) is 0 Å². The Hall–Kier alpha value is -2.90. The fourth-order valence-electron chi connectivity index (χ4n) is 3.73. The summed E-state index contributed by atoms with van der Waals surface area (Å²) in [6.45, 7) is 4.26. The number of thioether (sulfide) groups is 1. The van der Waals surface area contributed by atoms with Crippen molar-refractivity contribution in [1.82, 2.24) is 4.90 Å². The lowest BCUT2D eigenvalue weighted by atomic mass is 10.0. The number of benzene rings is 3. The first kappa shape index (κ1) is 27.1. The maximum absolute atomic E-state index is 13.0. The van der Waals surface area contributed by atoms with Gasteiger partial charge in [0.25, 0.3) is 11.1 Å². The third kappa shape index (κ3) is 6.51. The molecule has 0 N–H and O–H groups in total. The van der Waals surface area contributed by atoms with Gasteiger partial charge >= 0.3 is 0 Å². The highest BCUT2D eigenvalue weighted by atomic mass is 35.5. The van der Waals surface area contributed by atoms with E-state index in [4.69, 9.17) is 44.3 Å². The number of ether oxygens (including phenoxy) is 2. The summed E-state index contributed by atoms with van der Waals surface area (Å²) < 4.78 is 11.7. The average molecular weight is 575 g/mol. The van der Waals surface area contributed by atoms with Gasteiger partial charge in [0.2, 0.25) is 0 Å². The SMILES string of the molecule is C=CCc1cc(/C=C2/SC(=O)N(Cc3ccc(Cl)cc3)C2=O)cc(OC)c1OCc1ccc(Cl)c(Cl)c1. The van der Waals surface area contributed by atoms with E-state index in [1.807, 2.05) is 12.1 Å². The highest BCUT2D eigenvalue weighted by Gasteiger charge is 2.35. The summed E-state index contributed by atoms with van der Waals surface area (Å²) in [5.41, 5.74) is 3.18. The molecule has 1 heterocycles. The third-order valence-electron chi connectivity index (χ3n) is 5.53. The van der Waals surface area contributed by atoms with Crippen LogP contribution in [0.25, 0.3) is 6.08 Å². The molecule has 0 spiro atoms. The summed E-state index contributed by atoms with van der Waals surface area (Å²) >= 11 is 19.0. The fourth-order valence-corrected chi connectivity index (χ4v) is 5.02. The first-order valence-corrected chi connectivity index (χ1v) is 13.1. The second kappa shape index (κ2) is 12.1. The number of halogens is 3. The average Bonchev–Trinajstić information content (AvgIpc) is 3.13. The molecule has 0 radical (unpaired) electrons. The van der Waals surface area contributed by atoms with Crippen LogP contribution < -0.4 is 9.47 Å². The Morgan fingerprint density at radius 2 is 1.70 bits per heavy atom. The molecule has 5 nitrogen and oxygen atoms in total. The van der Waals surface area contributed by atoms with Gasteiger partial charge in [-0.1, -0.05) is 59.1 Å². The van der Waals surface area contributed by atoms with Gasteiger partial charge in [0.05, 0.1) is 28.6 Å². The van der Waals surface area contributed by atoms with Gasteiger partial charge in [0.1, 0.15) is 6.61 Å². The number of methoxy groups -OCH3 is 1. The molecule has 0 aromatic heterocycles. The Labute approximate surface area is 234 Å². The van der Waals surface area contributed by atoms with Crippen molar-refractivity contribution in [2.75, 3.05) is 7.11 Å². The summed E-state index contributed by atoms with van der Waals surface area (Å²) in [5.74, 6) is 0.696. The first-order chi connectivity index (χ1) is 17.8. The number of allylic oxidation sites excluding steroid dienone is 1. The minimum atomic E-state index is -0.353. The van der Waals surface area contributed by atoms with Crippen LogP contribution in [0.2, 0.25) is 15.1 Å². The molecule has 1 fully saturated rings. The number of hydrogen-bond acceptors (Lipinski definition) is 5. The van der Waals surface area contributed by atoms with Crippen LogP contribution in [0.5, 0.6) is 11.5 Å². The fraction of sp³-hybridized carbons (Fsp3) is 0.143. The van der Waals surface area contributed by atoms with Gasteiger partial charge in [-0.2, -0.15) is 0 Å². The maximum atomic E-state index is 13.0. The Kier molecular flexibility index (Phi) is 8.87. The summed E-state index contributed by atoms with van der Waals surface area (Å²) in [5, 5.41) is 1.18. The molecule has 3 aromatic rings. The van der Waals surface area contributed by atoms with Gasteiger partial charge < -0.3 is 9.47 Å². The second-order valence-corrected chi connectivity index (χ2v) is 10.4. The summed E-state index contributed by atoms with van der Waals surface area (Å²) in [4.78, 5) is 27.2. The molecule has 190 valence electrons. The van der Waals surface area contributed by atoms with Crippen LogP contribution in [0.15, 0.2) is 72.2 Å². The lowest BCUT2D eigenvalue weighted by Crippen LogP contribution is -2.27. The van der Waals surface area contributed by atoms with Gasteiger partial charge in [0, 0.05) is 10.6 Å². The predicted octanol–water partition coefficient (Wildman–Crippen LogP) is 8.20. The second-order valence-electron chi connectivity index (χ2n) is 8.14. The molecule has 1 aliphatic heterocycles. The standard InChI is InChI=1S/C28H22Cl3NO4S/c1-3-4-20-11-19(13-24(35-2)26(20)36-16-18-7-10-22(30)23(31)12-18)14-25-27(33)32(28(34)37-25)15-17-5-8-21(29)9-6-17/h3,5-14H,1,4,15-16H2,2H3/b25-14+. The molecule has 37 heavy (non-hydrogen) atoms. The minimum Gasteiger partial charge on any atom is -0.493 e. The quantitative estimate of drug-likeness (QED) is 0.190. The molecule has 0 unspecified atom stereocenters. The molecule has 0 saturated carbocycles. The largest absolute Gasteiger partial charge is 0.493 e. The van der Waals surface area contributed by atoms with E-state index in [1.54, 1.807) is 61.7 Å². The van der Waals surface area contributed by atoms with Crippen LogP contribution in [-0.2, 0) is 24.4 Å². The lowest BCUT2D eigenvalue weighted by Gasteiger charge is -2.16. The van der Waals surface area contributed by atoms with E-state index in [-0.39, 0.29) is 24.3 Å². The van der Waals surface area contributed by atoms with Crippen molar-refractivity contribution >= 4 is 63.8 Å². The molecule has 0 bridgehead atoms. The van der Waals surface area contributed by atoms with Gasteiger partial charge in [-0.25, -0.2) is 0 Å². The van der Waals surface area contributed by atoms with Crippen LogP contribution in [0.4, 0.5) is 4.79 Å². The van der Waals surface area contributed by atoms with Crippen LogP contribution in [-0.4, -0.2) is 23.2 Å². The molecule has 0 aliphatic carbocycles. The number of carbonyl (C=O) groups excluding carboxylic acids is 2. The Morgan fingerprint density at radius 3 is 2.38 bits per heavy atom. The Balaban J connectivity index is 1.58. The smallest absolute Gasteiger partial charge is 0.293 e. The van der Waals surface area contributed by atoms with Gasteiger partial charge in [-0.3, -0.25) is 14.5 Å². The zero-order valence-corrected chi connectivity index (χ0v) is 22.9. The van der Waals surface area contributed by atoms with Crippen molar-refractivity contribution in [3.8, 4) is 11.5 Å². The lowest BCUT2D eigenvalue weighted by molar-refractivity contribution is -0.123. The van der Waals surface area contributed by atoms with E-state index in [1.165, 1.54) is 4.90 Å². The Morgan fingerprint density at radius 1 is 0.973 bits per heavy atom. The summed E-state index contributed by atoms with van der Waals surface area (Å²) in [6, 6.07) is 16.0. The Bertz CT molecular complexity index is 1390. The molecular formula is C28H22Cl3NO4S. The summed E-state index contributed by atoms with van der Waals surface area (Å²) in [7, 11) is 1.54. The van der Waals surface area contributed by atoms with Crippen LogP contribution in [0, 0.1) is 0 Å². The van der Waals surface area contributed by atoms with E-state index in [9.17, 15) is 9.59 Å². The minimum absolute atomic E-state index is 0.172. The maximum Gasteiger partial charge on any atom is 0.293 e. The molecule has 3 aromatic carbocycles. The molecule has 1 saturated heterocycles. The van der Waals surface area contributed by atoms with Crippen molar-refractivity contribution in [2.45, 2.75) is 19.6 Å². The molecule has 1 aliphatic rings. The number of amides is 2. The number of carbonyl (C=O) groups is 2. The van der Waals surface area contributed by atoms with Gasteiger partial charge in [0.15, 0.2) is 11.5 Å². The van der Waals surface area contributed by atoms with E-state index in [2.05, 4.69) is 6.58 Å². The van der Waals surface area contributed by atoms with Crippen molar-refractivity contribution in [3.05, 3.63) is 109 Å². The first-order valence-electron chi connectivity index (χ1n) is 11.2. The number of nitrogens with zero attached hydrogens (tertiary/aromatic N) is 1. The highest BCUT2D eigenvalue weighted by molar-refractivity contribution is 8.18. The van der Waals surface area contributed by atoms with Crippen LogP contribution in [0.3, 0.4) is 0 Å².